The third-order valence-electron chi connectivity index (χ3n) is 5.95. The number of nitrogens with zero attached hydrogens (tertiary/aromatic N) is 1. The Morgan fingerprint density at radius 1 is 0.933 bits per heavy atom. The van der Waals surface area contributed by atoms with Gasteiger partial charge in [0.25, 0.3) is 0 Å². The van der Waals surface area contributed by atoms with Gasteiger partial charge in [0.2, 0.25) is 0 Å². The number of nitrogens with one attached hydrogen (secondary N) is 1. The number of allylic oxidation sites excluding steroid dienone is 2. The van der Waals surface area contributed by atoms with Crippen LogP contribution in [0.15, 0.2) is 66.3 Å². The van der Waals surface area contributed by atoms with Gasteiger partial charge >= 0.3 is 0 Å². The fourth-order valence-electron chi connectivity index (χ4n) is 4.71. The van der Waals surface area contributed by atoms with Gasteiger partial charge < -0.3 is 10.2 Å². The average molecular weight is 397 g/mol. The zero-order chi connectivity index (χ0) is 21.3. The number of benzene rings is 3. The molecule has 1 N–H and O–H groups in total. The van der Waals surface area contributed by atoms with Crippen molar-refractivity contribution in [1.82, 2.24) is 4.90 Å². The van der Waals surface area contributed by atoms with E-state index in [1.54, 1.807) is 0 Å². The van der Waals surface area contributed by atoms with Crippen LogP contribution in [0.25, 0.3) is 16.3 Å². The van der Waals surface area contributed by atoms with Gasteiger partial charge in [-0.05, 0) is 85.5 Å². The molecule has 0 amide bonds. The Hall–Kier alpha value is -2.84. The fourth-order valence-corrected chi connectivity index (χ4v) is 4.71. The summed E-state index contributed by atoms with van der Waals surface area (Å²) in [6.45, 7) is 8.37. The highest BCUT2D eigenvalue weighted by molar-refractivity contribution is 5.91. The number of hydrogen-bond acceptors (Lipinski definition) is 2. The maximum absolute atomic E-state index is 3.77. The van der Waals surface area contributed by atoms with Crippen molar-refractivity contribution >= 4 is 22.0 Å². The largest absolute Gasteiger partial charge is 0.380 e. The smallest absolute Gasteiger partial charge is 0.0413 e. The molecule has 0 bridgehead atoms. The van der Waals surface area contributed by atoms with Crippen molar-refractivity contribution in [2.24, 2.45) is 0 Å². The van der Waals surface area contributed by atoms with Crippen molar-refractivity contribution in [1.29, 1.82) is 0 Å². The molecule has 154 valence electrons. The Bertz CT molecular complexity index is 1130. The Labute approximate surface area is 180 Å². The predicted molar refractivity (Wildman–Crippen MR) is 131 cm³/mol. The summed E-state index contributed by atoms with van der Waals surface area (Å²) in [5, 5.41) is 6.41. The minimum atomic E-state index is 0.821. The number of likely N-dealkylation sites (N-methyl/N-ethyl adjacent to an activating group) is 1. The Kier molecular flexibility index (Phi) is 5.78. The van der Waals surface area contributed by atoms with Gasteiger partial charge in [0.15, 0.2) is 0 Å². The molecular weight excluding hydrogens is 364 g/mol. The topological polar surface area (TPSA) is 15.3 Å². The zero-order valence-corrected chi connectivity index (χ0v) is 18.8. The van der Waals surface area contributed by atoms with Crippen LogP contribution >= 0.6 is 0 Å². The number of aryl methyl sites for hydroxylation is 3. The summed E-state index contributed by atoms with van der Waals surface area (Å²) in [6.07, 6.45) is 5.77. The normalized spacial score (nSPS) is 13.7. The minimum Gasteiger partial charge on any atom is -0.380 e. The van der Waals surface area contributed by atoms with Crippen molar-refractivity contribution in [3.05, 3.63) is 94.1 Å². The molecule has 0 aromatic heterocycles. The first-order valence-corrected chi connectivity index (χ1v) is 10.8. The van der Waals surface area contributed by atoms with Crippen LogP contribution in [0, 0.1) is 20.8 Å². The van der Waals surface area contributed by atoms with Crippen molar-refractivity contribution < 1.29 is 0 Å². The van der Waals surface area contributed by atoms with Crippen molar-refractivity contribution in [2.75, 3.05) is 26.0 Å². The molecule has 1 aliphatic rings. The highest BCUT2D eigenvalue weighted by atomic mass is 15.0. The second kappa shape index (κ2) is 8.49. The maximum Gasteiger partial charge on any atom is 0.0413 e. The lowest BCUT2D eigenvalue weighted by molar-refractivity contribution is 0.449. The van der Waals surface area contributed by atoms with E-state index in [1.165, 1.54) is 55.4 Å². The van der Waals surface area contributed by atoms with E-state index in [0.717, 1.165) is 19.5 Å². The van der Waals surface area contributed by atoms with Crippen LogP contribution in [0.5, 0.6) is 0 Å². The van der Waals surface area contributed by atoms with Gasteiger partial charge in [-0.15, -0.1) is 0 Å². The van der Waals surface area contributed by atoms with Gasteiger partial charge in [0, 0.05) is 18.8 Å². The molecule has 3 aromatic carbocycles. The maximum atomic E-state index is 3.77. The standard InChI is InChI=1S/C28H32N2/c1-19-14-20(2)28(21(3)15-19)29-17-27-25-9-7-6-8-23(25)12-13-26(27)24-11-10-22(16-24)18-30(4)5/h6-10,12-16,29H,11,17-18H2,1-5H3. The SMILES string of the molecule is Cc1cc(C)c(NCc2c(C3=CC(CN(C)C)=CC3)ccc3ccccc23)c(C)c1. The Morgan fingerprint density at radius 3 is 2.40 bits per heavy atom. The first-order valence-electron chi connectivity index (χ1n) is 10.8. The van der Waals surface area contributed by atoms with E-state index < -0.39 is 0 Å². The molecule has 0 saturated heterocycles. The van der Waals surface area contributed by atoms with E-state index >= 15 is 0 Å². The molecule has 0 unspecified atom stereocenters. The second-order valence-corrected chi connectivity index (χ2v) is 8.83. The number of fused-ring (bicyclic) bond motifs is 1. The monoisotopic (exact) mass is 396 g/mol. The Balaban J connectivity index is 1.72. The second-order valence-electron chi connectivity index (χ2n) is 8.83. The molecule has 0 radical (unpaired) electrons. The number of rotatable bonds is 6. The lowest BCUT2D eigenvalue weighted by atomic mass is 9.93. The van der Waals surface area contributed by atoms with Gasteiger partial charge in [-0.25, -0.2) is 0 Å². The molecule has 1 aliphatic carbocycles. The van der Waals surface area contributed by atoms with Crippen LogP contribution < -0.4 is 5.32 Å². The van der Waals surface area contributed by atoms with Crippen molar-refractivity contribution in [3.8, 4) is 0 Å². The minimum absolute atomic E-state index is 0.821. The van der Waals surface area contributed by atoms with Crippen LogP contribution in [0.2, 0.25) is 0 Å². The van der Waals surface area contributed by atoms with E-state index in [2.05, 4.69) is 106 Å². The van der Waals surface area contributed by atoms with Crippen LogP contribution in [0.4, 0.5) is 5.69 Å². The lowest BCUT2D eigenvalue weighted by Crippen LogP contribution is -2.13. The van der Waals surface area contributed by atoms with E-state index in [9.17, 15) is 0 Å². The third-order valence-corrected chi connectivity index (χ3v) is 5.95. The number of hydrogen-bond donors (Lipinski definition) is 1. The lowest BCUT2D eigenvalue weighted by Gasteiger charge is -2.18. The van der Waals surface area contributed by atoms with Crippen molar-refractivity contribution in [2.45, 2.75) is 33.7 Å². The molecule has 0 heterocycles. The molecule has 0 aliphatic heterocycles. The first-order chi connectivity index (χ1) is 14.4. The quantitative estimate of drug-likeness (QED) is 0.502. The third kappa shape index (κ3) is 4.20. The molecule has 0 spiro atoms. The summed E-state index contributed by atoms with van der Waals surface area (Å²) in [7, 11) is 4.26. The van der Waals surface area contributed by atoms with Gasteiger partial charge in [-0.1, -0.05) is 66.2 Å². The molecule has 3 aromatic rings. The van der Waals surface area contributed by atoms with Gasteiger partial charge in [-0.2, -0.15) is 0 Å². The van der Waals surface area contributed by atoms with E-state index in [0.29, 0.717) is 0 Å². The molecule has 4 rings (SSSR count). The summed E-state index contributed by atoms with van der Waals surface area (Å²) in [5.74, 6) is 0. The van der Waals surface area contributed by atoms with Gasteiger partial charge in [-0.3, -0.25) is 0 Å². The molecular formula is C28H32N2. The average Bonchev–Trinajstić information content (AvgIpc) is 3.14. The molecule has 0 fully saturated rings. The molecule has 2 heteroatoms. The molecule has 30 heavy (non-hydrogen) atoms. The van der Waals surface area contributed by atoms with Gasteiger partial charge in [0.05, 0.1) is 0 Å². The van der Waals surface area contributed by atoms with E-state index in [1.807, 2.05) is 0 Å². The van der Waals surface area contributed by atoms with Gasteiger partial charge in [0.1, 0.15) is 0 Å². The molecule has 2 nitrogen and oxygen atoms in total. The Morgan fingerprint density at radius 2 is 1.67 bits per heavy atom. The van der Waals surface area contributed by atoms with E-state index in [4.69, 9.17) is 0 Å². The van der Waals surface area contributed by atoms with Crippen LogP contribution in [-0.2, 0) is 6.54 Å². The van der Waals surface area contributed by atoms with Crippen LogP contribution in [-0.4, -0.2) is 25.5 Å². The molecule has 0 saturated carbocycles. The first kappa shape index (κ1) is 20.4. The fraction of sp³-hybridized carbons (Fsp3) is 0.286. The van der Waals surface area contributed by atoms with Crippen LogP contribution in [0.3, 0.4) is 0 Å². The van der Waals surface area contributed by atoms with E-state index in [-0.39, 0.29) is 0 Å². The highest BCUT2D eigenvalue weighted by Crippen LogP contribution is 2.34. The summed E-state index contributed by atoms with van der Waals surface area (Å²) in [4.78, 5) is 2.23. The summed E-state index contributed by atoms with van der Waals surface area (Å²) < 4.78 is 0. The van der Waals surface area contributed by atoms with Crippen molar-refractivity contribution in [3.63, 3.8) is 0 Å². The summed E-state index contributed by atoms with van der Waals surface area (Å²) in [5.41, 5.74) is 10.8. The predicted octanol–water partition coefficient (Wildman–Crippen LogP) is 6.65. The highest BCUT2D eigenvalue weighted by Gasteiger charge is 2.16. The zero-order valence-electron chi connectivity index (χ0n) is 18.8. The summed E-state index contributed by atoms with van der Waals surface area (Å²) in [6, 6.07) is 17.8. The summed E-state index contributed by atoms with van der Waals surface area (Å²) >= 11 is 0. The number of anilines is 1. The van der Waals surface area contributed by atoms with Crippen LogP contribution in [0.1, 0.15) is 34.2 Å². The molecule has 0 atom stereocenters.